The summed E-state index contributed by atoms with van der Waals surface area (Å²) in [7, 11) is 1.65. The second-order valence-electron chi connectivity index (χ2n) is 9.43. The van der Waals surface area contributed by atoms with Crippen LogP contribution in [0, 0.1) is 0 Å². The van der Waals surface area contributed by atoms with E-state index in [1.54, 1.807) is 17.6 Å². The van der Waals surface area contributed by atoms with E-state index in [2.05, 4.69) is 10.2 Å². The van der Waals surface area contributed by atoms with E-state index in [9.17, 15) is 13.2 Å². The van der Waals surface area contributed by atoms with Crippen molar-refractivity contribution in [1.82, 2.24) is 24.5 Å². The van der Waals surface area contributed by atoms with E-state index < -0.39 is 12.2 Å². The number of rotatable bonds is 5. The molecule has 4 heterocycles. The van der Waals surface area contributed by atoms with E-state index in [0.29, 0.717) is 36.0 Å². The molecule has 4 aromatic rings. The topological polar surface area (TPSA) is 81.6 Å². The van der Waals surface area contributed by atoms with E-state index in [1.165, 1.54) is 17.2 Å². The molecule has 2 N–H and O–H groups in total. The molecule has 0 amide bonds. The largest absolute Gasteiger partial charge is 0.496 e. The van der Waals surface area contributed by atoms with E-state index in [-0.39, 0.29) is 18.2 Å². The Hall–Kier alpha value is -3.24. The molecule has 1 saturated carbocycles. The maximum atomic E-state index is 14.2. The molecule has 1 saturated heterocycles. The highest BCUT2D eigenvalue weighted by molar-refractivity contribution is 5.87. The first kappa shape index (κ1) is 22.2. The van der Waals surface area contributed by atoms with Crippen molar-refractivity contribution >= 4 is 16.6 Å². The van der Waals surface area contributed by atoms with Crippen LogP contribution in [-0.4, -0.2) is 56.9 Å². The van der Waals surface area contributed by atoms with Crippen molar-refractivity contribution in [2.75, 3.05) is 20.2 Å². The Morgan fingerprint density at radius 3 is 2.54 bits per heavy atom. The van der Waals surface area contributed by atoms with Gasteiger partial charge in [-0.15, -0.1) is 10.2 Å². The standard InChI is InChI=1S/C25H25F3N6O/c1-35-19-8-5-15-4-7-18(30-22(15)21(19)14-2-3-14)24-32-31-20-9-6-16(12-34(20)24)23(25(26,27)28)33-11-10-17(29)13-33/h4-9,12,14,17,23H,2-3,10-11,13,29H2,1H3. The molecule has 0 spiro atoms. The van der Waals surface area contributed by atoms with Gasteiger partial charge in [-0.05, 0) is 55.0 Å². The first-order chi connectivity index (χ1) is 16.8. The molecule has 182 valence electrons. The van der Waals surface area contributed by atoms with E-state index in [0.717, 1.165) is 35.1 Å². The molecule has 1 aliphatic heterocycles. The number of likely N-dealkylation sites (tertiary alicyclic amines) is 1. The Morgan fingerprint density at radius 1 is 1.06 bits per heavy atom. The lowest BCUT2D eigenvalue weighted by molar-refractivity contribution is -0.183. The van der Waals surface area contributed by atoms with Gasteiger partial charge in [0, 0.05) is 36.3 Å². The number of fused-ring (bicyclic) bond motifs is 2. The van der Waals surface area contributed by atoms with E-state index in [1.807, 2.05) is 24.3 Å². The maximum absolute atomic E-state index is 14.2. The van der Waals surface area contributed by atoms with Crippen LogP contribution in [-0.2, 0) is 0 Å². The number of alkyl halides is 3. The van der Waals surface area contributed by atoms with Crippen LogP contribution in [0.4, 0.5) is 13.2 Å². The van der Waals surface area contributed by atoms with Crippen molar-refractivity contribution < 1.29 is 17.9 Å². The summed E-state index contributed by atoms with van der Waals surface area (Å²) in [5.74, 6) is 1.60. The van der Waals surface area contributed by atoms with Crippen LogP contribution in [0.5, 0.6) is 5.75 Å². The first-order valence-corrected chi connectivity index (χ1v) is 11.7. The van der Waals surface area contributed by atoms with Crippen LogP contribution in [0.2, 0.25) is 0 Å². The molecule has 2 atom stereocenters. The fourth-order valence-electron chi connectivity index (χ4n) is 5.16. The quantitative estimate of drug-likeness (QED) is 0.452. The first-order valence-electron chi connectivity index (χ1n) is 11.7. The van der Waals surface area contributed by atoms with Gasteiger partial charge in [-0.1, -0.05) is 12.1 Å². The fourth-order valence-corrected chi connectivity index (χ4v) is 5.16. The number of hydrogen-bond acceptors (Lipinski definition) is 6. The minimum Gasteiger partial charge on any atom is -0.496 e. The summed E-state index contributed by atoms with van der Waals surface area (Å²) in [6.45, 7) is 0.506. The van der Waals surface area contributed by atoms with Crippen LogP contribution in [0.1, 0.15) is 42.3 Å². The molecule has 7 nitrogen and oxygen atoms in total. The lowest BCUT2D eigenvalue weighted by Gasteiger charge is -2.30. The maximum Gasteiger partial charge on any atom is 0.408 e. The molecule has 1 aliphatic carbocycles. The van der Waals surface area contributed by atoms with E-state index >= 15 is 0 Å². The minimum atomic E-state index is -4.44. The van der Waals surface area contributed by atoms with Crippen LogP contribution < -0.4 is 10.5 Å². The van der Waals surface area contributed by atoms with Gasteiger partial charge in [-0.2, -0.15) is 13.2 Å². The van der Waals surface area contributed by atoms with Gasteiger partial charge < -0.3 is 10.5 Å². The third kappa shape index (κ3) is 3.90. The van der Waals surface area contributed by atoms with Gasteiger partial charge in [0.1, 0.15) is 17.5 Å². The molecule has 2 fully saturated rings. The molecule has 10 heteroatoms. The summed E-state index contributed by atoms with van der Waals surface area (Å²) in [6, 6.07) is 8.75. The highest BCUT2D eigenvalue weighted by Crippen LogP contribution is 2.47. The minimum absolute atomic E-state index is 0.126. The SMILES string of the molecule is COc1ccc2ccc(-c3nnc4ccc(C(N5CCC(N)C5)C(F)(F)F)cn34)nc2c1C1CC1. The Labute approximate surface area is 199 Å². The second-order valence-corrected chi connectivity index (χ2v) is 9.43. The number of benzene rings is 1. The summed E-state index contributed by atoms with van der Waals surface area (Å²) in [6.07, 6.45) is -0.259. The summed E-state index contributed by atoms with van der Waals surface area (Å²) in [4.78, 5) is 6.30. The predicted molar refractivity (Wildman–Crippen MR) is 125 cm³/mol. The molecule has 1 aromatic carbocycles. The summed E-state index contributed by atoms with van der Waals surface area (Å²) < 4.78 is 49.7. The zero-order valence-electron chi connectivity index (χ0n) is 19.2. The summed E-state index contributed by atoms with van der Waals surface area (Å²) in [5, 5.41) is 9.45. The summed E-state index contributed by atoms with van der Waals surface area (Å²) in [5.41, 5.74) is 8.94. The molecule has 2 aliphatic rings. The number of nitrogens with zero attached hydrogens (tertiary/aromatic N) is 5. The van der Waals surface area contributed by atoms with Crippen molar-refractivity contribution in [2.45, 2.75) is 43.4 Å². The average molecular weight is 483 g/mol. The van der Waals surface area contributed by atoms with Crippen LogP contribution in [0.3, 0.4) is 0 Å². The number of hydrogen-bond donors (Lipinski definition) is 1. The van der Waals surface area contributed by atoms with E-state index in [4.69, 9.17) is 15.5 Å². The van der Waals surface area contributed by atoms with Gasteiger partial charge in [0.25, 0.3) is 0 Å². The van der Waals surface area contributed by atoms with Crippen molar-refractivity contribution in [2.24, 2.45) is 5.73 Å². The van der Waals surface area contributed by atoms with Gasteiger partial charge in [-0.25, -0.2) is 4.98 Å². The number of methoxy groups -OCH3 is 1. The molecule has 0 bridgehead atoms. The Balaban J connectivity index is 1.47. The number of ether oxygens (including phenoxy) is 1. The zero-order chi connectivity index (χ0) is 24.3. The Kier molecular flexibility index (Phi) is 5.19. The van der Waals surface area contributed by atoms with Gasteiger partial charge in [0.15, 0.2) is 11.5 Å². The van der Waals surface area contributed by atoms with Gasteiger partial charge in [0.2, 0.25) is 0 Å². The van der Waals surface area contributed by atoms with Gasteiger partial charge in [-0.3, -0.25) is 9.30 Å². The van der Waals surface area contributed by atoms with Crippen LogP contribution >= 0.6 is 0 Å². The number of nitrogens with two attached hydrogens (primary N) is 1. The second kappa shape index (κ2) is 8.17. The smallest absolute Gasteiger partial charge is 0.408 e. The van der Waals surface area contributed by atoms with Crippen LogP contribution in [0.25, 0.3) is 28.1 Å². The molecular weight excluding hydrogens is 457 g/mol. The molecular formula is C25H25F3N6O. The Morgan fingerprint density at radius 2 is 1.86 bits per heavy atom. The van der Waals surface area contributed by atoms with Gasteiger partial charge >= 0.3 is 6.18 Å². The van der Waals surface area contributed by atoms with Crippen molar-refractivity contribution in [3.63, 3.8) is 0 Å². The molecule has 2 unspecified atom stereocenters. The lowest BCUT2D eigenvalue weighted by Crippen LogP contribution is -2.38. The fraction of sp³-hybridized carbons (Fsp3) is 0.400. The summed E-state index contributed by atoms with van der Waals surface area (Å²) >= 11 is 0. The van der Waals surface area contributed by atoms with Gasteiger partial charge in [0.05, 0.1) is 12.6 Å². The number of pyridine rings is 2. The van der Waals surface area contributed by atoms with Crippen molar-refractivity contribution in [1.29, 1.82) is 0 Å². The third-order valence-electron chi connectivity index (χ3n) is 6.97. The Bertz CT molecular complexity index is 1410. The predicted octanol–water partition coefficient (Wildman–Crippen LogP) is 4.47. The monoisotopic (exact) mass is 482 g/mol. The molecule has 6 rings (SSSR count). The highest BCUT2D eigenvalue weighted by atomic mass is 19.4. The lowest BCUT2D eigenvalue weighted by atomic mass is 10.0. The third-order valence-corrected chi connectivity index (χ3v) is 6.97. The van der Waals surface area contributed by atoms with Crippen molar-refractivity contribution in [3.8, 4) is 17.3 Å². The molecule has 0 radical (unpaired) electrons. The molecule has 3 aromatic heterocycles. The average Bonchev–Trinajstić information content (AvgIpc) is 3.45. The highest BCUT2D eigenvalue weighted by Gasteiger charge is 2.46. The van der Waals surface area contributed by atoms with Crippen molar-refractivity contribution in [3.05, 3.63) is 53.7 Å². The number of aromatic nitrogens is 4. The normalized spacial score (nSPS) is 20.1. The zero-order valence-corrected chi connectivity index (χ0v) is 19.2. The van der Waals surface area contributed by atoms with Crippen LogP contribution in [0.15, 0.2) is 42.6 Å². The molecule has 35 heavy (non-hydrogen) atoms. The number of halogens is 3.